The van der Waals surface area contributed by atoms with E-state index in [1.54, 1.807) is 23.1 Å². The highest BCUT2D eigenvalue weighted by atomic mass is 35.5. The summed E-state index contributed by atoms with van der Waals surface area (Å²) in [6.07, 6.45) is 8.56. The number of halogens is 2. The van der Waals surface area contributed by atoms with Gasteiger partial charge in [0.25, 0.3) is 0 Å². The van der Waals surface area contributed by atoms with Crippen LogP contribution in [0, 0.1) is 5.92 Å². The summed E-state index contributed by atoms with van der Waals surface area (Å²) in [6.45, 7) is 1.33. The molecule has 33 heavy (non-hydrogen) atoms. The normalized spacial score (nSPS) is 17.6. The fourth-order valence-corrected chi connectivity index (χ4v) is 5.42. The molecule has 0 aromatic heterocycles. The summed E-state index contributed by atoms with van der Waals surface area (Å²) >= 11 is 12.3. The average Bonchev–Trinajstić information content (AvgIpc) is 2.82. The number of para-hydroxylation sites is 1. The van der Waals surface area contributed by atoms with Gasteiger partial charge < -0.3 is 15.5 Å². The minimum Gasteiger partial charge on any atom is -0.326 e. The lowest BCUT2D eigenvalue weighted by Crippen LogP contribution is -2.40. The highest BCUT2D eigenvalue weighted by Gasteiger charge is 2.25. The Hall–Kier alpha value is -2.24. The van der Waals surface area contributed by atoms with Gasteiger partial charge in [-0.15, -0.1) is 0 Å². The summed E-state index contributed by atoms with van der Waals surface area (Å²) in [6, 6.07) is 13.2. The quantitative estimate of drug-likeness (QED) is 0.464. The Balaban J connectivity index is 1.25. The van der Waals surface area contributed by atoms with Gasteiger partial charge in [-0.1, -0.05) is 60.7 Å². The highest BCUT2D eigenvalue weighted by molar-refractivity contribution is 6.39. The molecule has 7 heteroatoms. The molecule has 0 unspecified atom stereocenters. The lowest BCUT2D eigenvalue weighted by molar-refractivity contribution is -0.117. The second-order valence-electron chi connectivity index (χ2n) is 9.17. The number of carbonyl (C=O) groups excluding carboxylic acids is 2. The SMILES string of the molecule is O=C(CC1CCCCC1)Nc1ccc(C2CCN(C(=O)Nc3c(Cl)cccc3Cl)CC2)cc1. The molecular formula is C26H31Cl2N3O2. The number of hydrogen-bond acceptors (Lipinski definition) is 2. The molecule has 1 saturated carbocycles. The first-order valence-electron chi connectivity index (χ1n) is 11.9. The van der Waals surface area contributed by atoms with Gasteiger partial charge in [0.15, 0.2) is 0 Å². The Bertz CT molecular complexity index is 946. The summed E-state index contributed by atoms with van der Waals surface area (Å²) in [4.78, 5) is 26.8. The molecule has 1 aliphatic carbocycles. The minimum absolute atomic E-state index is 0.118. The van der Waals surface area contributed by atoms with Gasteiger partial charge in [0, 0.05) is 25.2 Å². The van der Waals surface area contributed by atoms with Crippen molar-refractivity contribution in [3.8, 4) is 0 Å². The molecule has 0 spiro atoms. The molecule has 2 N–H and O–H groups in total. The number of nitrogens with one attached hydrogen (secondary N) is 2. The number of nitrogens with zero attached hydrogens (tertiary/aromatic N) is 1. The van der Waals surface area contributed by atoms with Crippen LogP contribution in [0.1, 0.15) is 62.8 Å². The average molecular weight is 488 g/mol. The Morgan fingerprint density at radius 3 is 2.12 bits per heavy atom. The van der Waals surface area contributed by atoms with Crippen LogP contribution in [-0.4, -0.2) is 29.9 Å². The summed E-state index contributed by atoms with van der Waals surface area (Å²) in [5.74, 6) is 1.05. The van der Waals surface area contributed by atoms with Gasteiger partial charge in [-0.05, 0) is 67.3 Å². The van der Waals surface area contributed by atoms with E-state index in [1.165, 1.54) is 37.7 Å². The van der Waals surface area contributed by atoms with Crippen molar-refractivity contribution < 1.29 is 9.59 Å². The van der Waals surface area contributed by atoms with E-state index >= 15 is 0 Å². The van der Waals surface area contributed by atoms with Crippen LogP contribution in [0.4, 0.5) is 16.2 Å². The lowest BCUT2D eigenvalue weighted by Gasteiger charge is -2.32. The van der Waals surface area contributed by atoms with Crippen LogP contribution in [0.2, 0.25) is 10.0 Å². The number of benzene rings is 2. The molecule has 2 aromatic rings. The summed E-state index contributed by atoms with van der Waals surface area (Å²) < 4.78 is 0. The molecule has 5 nitrogen and oxygen atoms in total. The molecule has 1 saturated heterocycles. The zero-order valence-corrected chi connectivity index (χ0v) is 20.3. The van der Waals surface area contributed by atoms with Gasteiger partial charge in [0.2, 0.25) is 5.91 Å². The van der Waals surface area contributed by atoms with Gasteiger partial charge in [-0.25, -0.2) is 4.79 Å². The third kappa shape index (κ3) is 6.42. The Kier molecular flexibility index (Phi) is 8.15. The first-order chi connectivity index (χ1) is 16.0. The van der Waals surface area contributed by atoms with E-state index in [0.29, 0.717) is 47.1 Å². The zero-order valence-electron chi connectivity index (χ0n) is 18.8. The number of amides is 3. The van der Waals surface area contributed by atoms with Crippen LogP contribution in [0.15, 0.2) is 42.5 Å². The lowest BCUT2D eigenvalue weighted by atomic mass is 9.87. The van der Waals surface area contributed by atoms with E-state index < -0.39 is 0 Å². The number of carbonyl (C=O) groups is 2. The molecule has 0 atom stereocenters. The molecular weight excluding hydrogens is 457 g/mol. The molecule has 1 aliphatic heterocycles. The highest BCUT2D eigenvalue weighted by Crippen LogP contribution is 2.32. The Labute approximate surface area is 205 Å². The second kappa shape index (κ2) is 11.3. The Morgan fingerprint density at radius 2 is 1.48 bits per heavy atom. The van der Waals surface area contributed by atoms with Crippen LogP contribution < -0.4 is 10.6 Å². The maximum Gasteiger partial charge on any atom is 0.321 e. The second-order valence-corrected chi connectivity index (χ2v) is 9.98. The van der Waals surface area contributed by atoms with Crippen molar-refractivity contribution in [2.45, 2.75) is 57.3 Å². The van der Waals surface area contributed by atoms with Gasteiger partial charge in [0.1, 0.15) is 0 Å². The third-order valence-corrected chi connectivity index (χ3v) is 7.47. The van der Waals surface area contributed by atoms with Crippen LogP contribution in [0.3, 0.4) is 0 Å². The monoisotopic (exact) mass is 487 g/mol. The van der Waals surface area contributed by atoms with Gasteiger partial charge in [-0.2, -0.15) is 0 Å². The number of anilines is 2. The molecule has 176 valence electrons. The van der Waals surface area contributed by atoms with Gasteiger partial charge >= 0.3 is 6.03 Å². The van der Waals surface area contributed by atoms with Crippen molar-refractivity contribution in [3.63, 3.8) is 0 Å². The van der Waals surface area contributed by atoms with E-state index in [1.807, 2.05) is 12.1 Å². The number of likely N-dealkylation sites (tertiary alicyclic amines) is 1. The van der Waals surface area contributed by atoms with Crippen LogP contribution in [0.25, 0.3) is 0 Å². The molecule has 0 bridgehead atoms. The number of rotatable bonds is 5. The van der Waals surface area contributed by atoms with E-state index in [9.17, 15) is 9.59 Å². The maximum absolute atomic E-state index is 12.7. The van der Waals surface area contributed by atoms with Gasteiger partial charge in [0.05, 0.1) is 15.7 Å². The fourth-order valence-electron chi connectivity index (χ4n) is 4.92. The van der Waals surface area contributed by atoms with Crippen molar-refractivity contribution in [3.05, 3.63) is 58.1 Å². The zero-order chi connectivity index (χ0) is 23.2. The Morgan fingerprint density at radius 1 is 0.848 bits per heavy atom. The molecule has 1 heterocycles. The fraction of sp³-hybridized carbons (Fsp3) is 0.462. The smallest absolute Gasteiger partial charge is 0.321 e. The van der Waals surface area contributed by atoms with Crippen LogP contribution in [0.5, 0.6) is 0 Å². The van der Waals surface area contributed by atoms with Crippen molar-refractivity contribution >= 4 is 46.5 Å². The summed E-state index contributed by atoms with van der Waals surface area (Å²) in [5, 5.41) is 6.75. The number of piperidine rings is 1. The number of urea groups is 1. The predicted octanol–water partition coefficient (Wildman–Crippen LogP) is 7.31. The first kappa shape index (κ1) is 23.9. The third-order valence-electron chi connectivity index (χ3n) is 6.84. The van der Waals surface area contributed by atoms with Crippen molar-refractivity contribution in [2.24, 2.45) is 5.92 Å². The standard InChI is InChI=1S/C26H31Cl2N3O2/c27-22-7-4-8-23(28)25(22)30-26(33)31-15-13-20(14-16-31)19-9-11-21(12-10-19)29-24(32)17-18-5-2-1-3-6-18/h4,7-12,18,20H,1-3,5-6,13-17H2,(H,29,32)(H,30,33). The molecule has 0 radical (unpaired) electrons. The molecule has 2 fully saturated rings. The largest absolute Gasteiger partial charge is 0.326 e. The first-order valence-corrected chi connectivity index (χ1v) is 12.6. The van der Waals surface area contributed by atoms with E-state index in [2.05, 4.69) is 22.8 Å². The summed E-state index contributed by atoms with van der Waals surface area (Å²) in [7, 11) is 0. The molecule has 2 aromatic carbocycles. The van der Waals surface area contributed by atoms with Crippen molar-refractivity contribution in [1.29, 1.82) is 0 Å². The van der Waals surface area contributed by atoms with Crippen LogP contribution >= 0.6 is 23.2 Å². The molecule has 3 amide bonds. The van der Waals surface area contributed by atoms with E-state index in [-0.39, 0.29) is 11.9 Å². The van der Waals surface area contributed by atoms with E-state index in [0.717, 1.165) is 18.5 Å². The van der Waals surface area contributed by atoms with E-state index in [4.69, 9.17) is 23.2 Å². The topological polar surface area (TPSA) is 61.4 Å². The maximum atomic E-state index is 12.7. The van der Waals surface area contributed by atoms with Crippen molar-refractivity contribution in [1.82, 2.24) is 4.90 Å². The number of hydrogen-bond donors (Lipinski definition) is 2. The van der Waals surface area contributed by atoms with Crippen molar-refractivity contribution in [2.75, 3.05) is 23.7 Å². The molecule has 4 rings (SSSR count). The molecule has 2 aliphatic rings. The van der Waals surface area contributed by atoms with Gasteiger partial charge in [-0.3, -0.25) is 4.79 Å². The summed E-state index contributed by atoms with van der Waals surface area (Å²) in [5.41, 5.74) is 2.55. The minimum atomic E-state index is -0.181. The van der Waals surface area contributed by atoms with Crippen LogP contribution in [-0.2, 0) is 4.79 Å². The predicted molar refractivity (Wildman–Crippen MR) is 135 cm³/mol.